The van der Waals surface area contributed by atoms with Crippen molar-refractivity contribution in [3.63, 3.8) is 0 Å². The van der Waals surface area contributed by atoms with Gasteiger partial charge in [-0.25, -0.2) is 4.98 Å². The van der Waals surface area contributed by atoms with Gasteiger partial charge in [-0.15, -0.1) is 11.3 Å². The highest BCUT2D eigenvalue weighted by Gasteiger charge is 2.05. The number of aromatic nitrogens is 2. The molecule has 18 heavy (non-hydrogen) atoms. The minimum absolute atomic E-state index is 0.721. The van der Waals surface area contributed by atoms with E-state index in [4.69, 9.17) is 4.74 Å². The van der Waals surface area contributed by atoms with Crippen LogP contribution in [0.5, 0.6) is 5.75 Å². The molecule has 0 fully saturated rings. The van der Waals surface area contributed by atoms with Crippen molar-refractivity contribution in [2.75, 3.05) is 13.7 Å². The van der Waals surface area contributed by atoms with Gasteiger partial charge in [0, 0.05) is 24.5 Å². The molecule has 0 saturated carbocycles. The SMILES string of the molecule is CCCOc1cncc(-c2cnc(CNC)s2)c1. The molecule has 2 heterocycles. The van der Waals surface area contributed by atoms with Crippen LogP contribution in [0.15, 0.2) is 24.7 Å². The van der Waals surface area contributed by atoms with E-state index in [-0.39, 0.29) is 0 Å². The molecule has 0 aliphatic rings. The molecule has 0 amide bonds. The van der Waals surface area contributed by atoms with Crippen molar-refractivity contribution in [3.8, 4) is 16.2 Å². The maximum atomic E-state index is 5.58. The molecule has 0 saturated heterocycles. The summed E-state index contributed by atoms with van der Waals surface area (Å²) in [5, 5.41) is 4.17. The van der Waals surface area contributed by atoms with E-state index in [2.05, 4.69) is 22.2 Å². The fourth-order valence-corrected chi connectivity index (χ4v) is 2.44. The second kappa shape index (κ2) is 6.47. The van der Waals surface area contributed by atoms with Crippen LogP contribution in [-0.4, -0.2) is 23.6 Å². The third-order valence-electron chi connectivity index (χ3n) is 2.35. The van der Waals surface area contributed by atoms with E-state index in [0.717, 1.165) is 40.8 Å². The van der Waals surface area contributed by atoms with E-state index < -0.39 is 0 Å². The number of nitrogens with one attached hydrogen (secondary N) is 1. The molecular formula is C13H17N3OS. The van der Waals surface area contributed by atoms with Crippen molar-refractivity contribution in [1.82, 2.24) is 15.3 Å². The average Bonchev–Trinajstić information content (AvgIpc) is 2.86. The fraction of sp³-hybridized carbons (Fsp3) is 0.385. The van der Waals surface area contributed by atoms with Crippen molar-refractivity contribution in [2.24, 2.45) is 0 Å². The molecule has 0 aromatic carbocycles. The maximum Gasteiger partial charge on any atom is 0.138 e. The van der Waals surface area contributed by atoms with E-state index in [1.165, 1.54) is 0 Å². The first-order valence-corrected chi connectivity index (χ1v) is 6.82. The minimum atomic E-state index is 0.721. The highest BCUT2D eigenvalue weighted by molar-refractivity contribution is 7.15. The Morgan fingerprint density at radius 3 is 3.00 bits per heavy atom. The van der Waals surface area contributed by atoms with Crippen molar-refractivity contribution in [1.29, 1.82) is 0 Å². The van der Waals surface area contributed by atoms with Gasteiger partial charge in [0.25, 0.3) is 0 Å². The van der Waals surface area contributed by atoms with E-state index in [9.17, 15) is 0 Å². The highest BCUT2D eigenvalue weighted by atomic mass is 32.1. The second-order valence-corrected chi connectivity index (χ2v) is 5.02. The Morgan fingerprint density at radius 1 is 1.33 bits per heavy atom. The summed E-state index contributed by atoms with van der Waals surface area (Å²) in [4.78, 5) is 9.69. The first kappa shape index (κ1) is 13.0. The van der Waals surface area contributed by atoms with Crippen LogP contribution >= 0.6 is 11.3 Å². The van der Waals surface area contributed by atoms with Crippen LogP contribution in [0.1, 0.15) is 18.4 Å². The van der Waals surface area contributed by atoms with Crippen LogP contribution in [0.4, 0.5) is 0 Å². The van der Waals surface area contributed by atoms with Crippen LogP contribution in [0.25, 0.3) is 10.4 Å². The predicted octanol–water partition coefficient (Wildman–Crippen LogP) is 2.71. The molecule has 4 nitrogen and oxygen atoms in total. The van der Waals surface area contributed by atoms with Crippen molar-refractivity contribution < 1.29 is 4.74 Å². The Hall–Kier alpha value is -1.46. The lowest BCUT2D eigenvalue weighted by molar-refractivity contribution is 0.316. The third-order valence-corrected chi connectivity index (χ3v) is 3.40. The van der Waals surface area contributed by atoms with Gasteiger partial charge >= 0.3 is 0 Å². The summed E-state index contributed by atoms with van der Waals surface area (Å²) >= 11 is 1.67. The van der Waals surface area contributed by atoms with E-state index in [1.54, 1.807) is 17.5 Å². The molecule has 2 aromatic heterocycles. The quantitative estimate of drug-likeness (QED) is 0.870. The van der Waals surface area contributed by atoms with Crippen LogP contribution in [0, 0.1) is 0 Å². The summed E-state index contributed by atoms with van der Waals surface area (Å²) in [6.45, 7) is 3.60. The number of hydrogen-bond donors (Lipinski definition) is 1. The largest absolute Gasteiger partial charge is 0.492 e. The first-order chi connectivity index (χ1) is 8.83. The second-order valence-electron chi connectivity index (χ2n) is 3.91. The summed E-state index contributed by atoms with van der Waals surface area (Å²) in [5.41, 5.74) is 1.06. The van der Waals surface area contributed by atoms with Crippen molar-refractivity contribution in [3.05, 3.63) is 29.7 Å². The normalized spacial score (nSPS) is 10.6. The first-order valence-electron chi connectivity index (χ1n) is 6.01. The molecule has 2 aromatic rings. The van der Waals surface area contributed by atoms with Gasteiger partial charge in [-0.05, 0) is 19.5 Å². The Labute approximate surface area is 111 Å². The fourth-order valence-electron chi connectivity index (χ4n) is 1.53. The summed E-state index contributed by atoms with van der Waals surface area (Å²) in [6, 6.07) is 2.01. The van der Waals surface area contributed by atoms with Crippen molar-refractivity contribution in [2.45, 2.75) is 19.9 Å². The molecule has 0 atom stereocenters. The third kappa shape index (κ3) is 3.27. The number of ether oxygens (including phenoxy) is 1. The monoisotopic (exact) mass is 263 g/mol. The van der Waals surface area contributed by atoms with Crippen LogP contribution in [0.2, 0.25) is 0 Å². The minimum Gasteiger partial charge on any atom is -0.492 e. The lowest BCUT2D eigenvalue weighted by Crippen LogP contribution is -2.03. The van der Waals surface area contributed by atoms with E-state index in [0.29, 0.717) is 0 Å². The molecule has 0 radical (unpaired) electrons. The molecule has 2 rings (SSSR count). The molecule has 0 aliphatic carbocycles. The topological polar surface area (TPSA) is 47.0 Å². The molecule has 1 N–H and O–H groups in total. The molecule has 0 unspecified atom stereocenters. The van der Waals surface area contributed by atoms with Gasteiger partial charge in [0.2, 0.25) is 0 Å². The summed E-state index contributed by atoms with van der Waals surface area (Å²) in [6.07, 6.45) is 6.47. The lowest BCUT2D eigenvalue weighted by Gasteiger charge is -2.04. The van der Waals surface area contributed by atoms with Gasteiger partial charge in [0.15, 0.2) is 0 Å². The Kier molecular flexibility index (Phi) is 4.66. The standard InChI is InChI=1S/C13H17N3OS/c1-3-4-17-11-5-10(6-15-7-11)12-8-16-13(18-12)9-14-2/h5-8,14H,3-4,9H2,1-2H3. The van der Waals surface area contributed by atoms with Crippen LogP contribution < -0.4 is 10.1 Å². The summed E-state index contributed by atoms with van der Waals surface area (Å²) in [7, 11) is 1.92. The molecule has 0 aliphatic heterocycles. The molecule has 0 bridgehead atoms. The number of hydrogen-bond acceptors (Lipinski definition) is 5. The number of pyridine rings is 1. The molecule has 96 valence electrons. The van der Waals surface area contributed by atoms with Crippen molar-refractivity contribution >= 4 is 11.3 Å². The smallest absolute Gasteiger partial charge is 0.138 e. The summed E-state index contributed by atoms with van der Waals surface area (Å²) < 4.78 is 5.58. The maximum absolute atomic E-state index is 5.58. The zero-order valence-corrected chi connectivity index (χ0v) is 11.5. The molecular weight excluding hydrogens is 246 g/mol. The molecule has 5 heteroatoms. The number of nitrogens with zero attached hydrogens (tertiary/aromatic N) is 2. The van der Waals surface area contributed by atoms with Gasteiger partial charge < -0.3 is 10.1 Å². The predicted molar refractivity (Wildman–Crippen MR) is 73.9 cm³/mol. The molecule has 0 spiro atoms. The zero-order valence-electron chi connectivity index (χ0n) is 10.6. The van der Waals surface area contributed by atoms with E-state index >= 15 is 0 Å². The van der Waals surface area contributed by atoms with Crippen LogP contribution in [-0.2, 0) is 6.54 Å². The Balaban J connectivity index is 2.15. The van der Waals surface area contributed by atoms with Crippen LogP contribution in [0.3, 0.4) is 0 Å². The average molecular weight is 263 g/mol. The number of rotatable bonds is 6. The van der Waals surface area contributed by atoms with Gasteiger partial charge in [0.1, 0.15) is 10.8 Å². The lowest BCUT2D eigenvalue weighted by atomic mass is 10.2. The summed E-state index contributed by atoms with van der Waals surface area (Å²) in [5.74, 6) is 0.818. The van der Waals surface area contributed by atoms with Gasteiger partial charge in [-0.3, -0.25) is 4.98 Å². The van der Waals surface area contributed by atoms with Gasteiger partial charge in [-0.1, -0.05) is 6.92 Å². The number of thiazole rings is 1. The zero-order chi connectivity index (χ0) is 12.8. The Bertz CT molecular complexity index is 498. The van der Waals surface area contributed by atoms with Gasteiger partial charge in [-0.2, -0.15) is 0 Å². The van der Waals surface area contributed by atoms with E-state index in [1.807, 2.05) is 25.5 Å². The van der Waals surface area contributed by atoms with Gasteiger partial charge in [0.05, 0.1) is 17.7 Å². The highest BCUT2D eigenvalue weighted by Crippen LogP contribution is 2.27. The Morgan fingerprint density at radius 2 is 2.22 bits per heavy atom.